The average molecular weight is 481 g/mol. The molecule has 4 aromatic rings. The van der Waals surface area contributed by atoms with Crippen LogP contribution in [0.4, 0.5) is 5.69 Å². The van der Waals surface area contributed by atoms with Crippen molar-refractivity contribution in [2.24, 2.45) is 0 Å². The van der Waals surface area contributed by atoms with Gasteiger partial charge in [0.2, 0.25) is 11.8 Å². The molecule has 0 fully saturated rings. The van der Waals surface area contributed by atoms with Crippen LogP contribution in [0.1, 0.15) is 26.6 Å². The Morgan fingerprint density at radius 1 is 1.03 bits per heavy atom. The third kappa shape index (κ3) is 4.78. The van der Waals surface area contributed by atoms with E-state index in [0.717, 1.165) is 11.1 Å². The minimum Gasteiger partial charge on any atom is -0.493 e. The standard InChI is InChI=1S/C24H24N4O5S/c1-13-6-8-16(17(10-13)31-4)33-19-9-7-15(11-25-19)26-22(29)21-14(2)20-23(32-5)27-18(12-30-3)28-24(20)34-21/h6-11H,12H2,1-5H3,(H,26,29). The van der Waals surface area contributed by atoms with Crippen molar-refractivity contribution in [2.75, 3.05) is 26.6 Å². The fraction of sp³-hybridized carbons (Fsp3) is 0.250. The summed E-state index contributed by atoms with van der Waals surface area (Å²) in [6.45, 7) is 4.07. The molecule has 0 unspecified atom stereocenters. The van der Waals surface area contributed by atoms with Crippen molar-refractivity contribution in [1.29, 1.82) is 0 Å². The monoisotopic (exact) mass is 480 g/mol. The maximum atomic E-state index is 13.0. The van der Waals surface area contributed by atoms with Crippen LogP contribution in [0.2, 0.25) is 0 Å². The quantitative estimate of drug-likeness (QED) is 0.379. The normalized spacial score (nSPS) is 10.9. The molecule has 9 nitrogen and oxygen atoms in total. The number of fused-ring (bicyclic) bond motifs is 1. The maximum Gasteiger partial charge on any atom is 0.266 e. The van der Waals surface area contributed by atoms with Gasteiger partial charge >= 0.3 is 0 Å². The number of carbonyl (C=O) groups excluding carboxylic acids is 1. The van der Waals surface area contributed by atoms with E-state index >= 15 is 0 Å². The lowest BCUT2D eigenvalue weighted by Crippen LogP contribution is -2.11. The zero-order chi connectivity index (χ0) is 24.2. The second kappa shape index (κ2) is 10.0. The van der Waals surface area contributed by atoms with Crippen molar-refractivity contribution in [3.63, 3.8) is 0 Å². The van der Waals surface area contributed by atoms with E-state index in [0.29, 0.717) is 49.9 Å². The number of anilines is 1. The van der Waals surface area contributed by atoms with Gasteiger partial charge in [-0.1, -0.05) is 6.07 Å². The summed E-state index contributed by atoms with van der Waals surface area (Å²) in [4.78, 5) is 27.4. The van der Waals surface area contributed by atoms with Crippen molar-refractivity contribution < 1.29 is 23.7 Å². The second-order valence-corrected chi connectivity index (χ2v) is 8.41. The molecular formula is C24H24N4O5S. The minimum atomic E-state index is -0.272. The SMILES string of the molecule is COCc1nc(OC)c2c(C)c(C(=O)Nc3ccc(Oc4ccc(C)cc4OC)nc3)sc2n1. The smallest absolute Gasteiger partial charge is 0.266 e. The van der Waals surface area contributed by atoms with Crippen molar-refractivity contribution in [3.8, 4) is 23.3 Å². The molecule has 0 radical (unpaired) electrons. The lowest BCUT2D eigenvalue weighted by Gasteiger charge is -2.11. The largest absolute Gasteiger partial charge is 0.493 e. The van der Waals surface area contributed by atoms with Crippen molar-refractivity contribution in [2.45, 2.75) is 20.5 Å². The van der Waals surface area contributed by atoms with E-state index < -0.39 is 0 Å². The zero-order valence-corrected chi connectivity index (χ0v) is 20.3. The molecule has 0 saturated carbocycles. The first-order valence-corrected chi connectivity index (χ1v) is 11.2. The summed E-state index contributed by atoms with van der Waals surface area (Å²) in [5, 5.41) is 3.59. The van der Waals surface area contributed by atoms with Gasteiger partial charge in [-0.2, -0.15) is 4.98 Å². The summed E-state index contributed by atoms with van der Waals surface area (Å²) in [6, 6.07) is 9.04. The molecule has 0 aliphatic carbocycles. The van der Waals surface area contributed by atoms with E-state index in [1.807, 2.05) is 32.0 Å². The van der Waals surface area contributed by atoms with Crippen LogP contribution < -0.4 is 19.5 Å². The van der Waals surface area contributed by atoms with Crippen molar-refractivity contribution in [1.82, 2.24) is 15.0 Å². The number of methoxy groups -OCH3 is 3. The van der Waals surface area contributed by atoms with Crippen LogP contribution in [0.25, 0.3) is 10.2 Å². The Morgan fingerprint density at radius 3 is 2.53 bits per heavy atom. The van der Waals surface area contributed by atoms with Crippen molar-refractivity contribution in [3.05, 3.63) is 58.4 Å². The Kier molecular flexibility index (Phi) is 6.90. The number of benzene rings is 1. The van der Waals surface area contributed by atoms with E-state index in [1.54, 1.807) is 26.4 Å². The number of pyridine rings is 1. The number of carbonyl (C=O) groups is 1. The molecule has 34 heavy (non-hydrogen) atoms. The third-order valence-electron chi connectivity index (χ3n) is 5.00. The summed E-state index contributed by atoms with van der Waals surface area (Å²) in [5.74, 6) is 2.19. The van der Waals surface area contributed by atoms with E-state index in [2.05, 4.69) is 20.3 Å². The molecule has 0 aliphatic heterocycles. The van der Waals surface area contributed by atoms with Gasteiger partial charge in [0, 0.05) is 13.2 Å². The van der Waals surface area contributed by atoms with Crippen LogP contribution in [-0.2, 0) is 11.3 Å². The van der Waals surface area contributed by atoms with Crippen molar-refractivity contribution >= 4 is 33.1 Å². The van der Waals surface area contributed by atoms with E-state index in [9.17, 15) is 4.79 Å². The predicted octanol–water partition coefficient (Wildman–Crippen LogP) is 4.91. The topological polar surface area (TPSA) is 105 Å². The molecule has 3 heterocycles. The number of hydrogen-bond donors (Lipinski definition) is 1. The summed E-state index contributed by atoms with van der Waals surface area (Å²) >= 11 is 1.27. The molecule has 0 atom stereocenters. The number of aromatic nitrogens is 3. The zero-order valence-electron chi connectivity index (χ0n) is 19.5. The molecule has 10 heteroatoms. The van der Waals surface area contributed by atoms with E-state index in [4.69, 9.17) is 18.9 Å². The molecule has 1 amide bonds. The number of nitrogens with one attached hydrogen (secondary N) is 1. The average Bonchev–Trinajstić information content (AvgIpc) is 3.17. The van der Waals surface area contributed by atoms with Gasteiger partial charge in [-0.15, -0.1) is 11.3 Å². The van der Waals surface area contributed by atoms with Gasteiger partial charge in [0.05, 0.1) is 36.4 Å². The molecule has 0 spiro atoms. The Bertz CT molecular complexity index is 1340. The summed E-state index contributed by atoms with van der Waals surface area (Å²) in [6.07, 6.45) is 1.54. The van der Waals surface area contributed by atoms with Crippen LogP contribution in [0.5, 0.6) is 23.3 Å². The molecule has 0 saturated heterocycles. The molecular weight excluding hydrogens is 456 g/mol. The minimum absolute atomic E-state index is 0.249. The summed E-state index contributed by atoms with van der Waals surface area (Å²) < 4.78 is 21.7. The molecule has 0 bridgehead atoms. The highest BCUT2D eigenvalue weighted by Crippen LogP contribution is 2.36. The fourth-order valence-electron chi connectivity index (χ4n) is 3.38. The summed E-state index contributed by atoms with van der Waals surface area (Å²) in [5.41, 5.74) is 2.34. The number of hydrogen-bond acceptors (Lipinski definition) is 9. The Morgan fingerprint density at radius 2 is 1.85 bits per heavy atom. The first-order valence-electron chi connectivity index (χ1n) is 10.4. The Labute approximate surface area is 200 Å². The number of rotatable bonds is 8. The van der Waals surface area contributed by atoms with Gasteiger partial charge in [-0.25, -0.2) is 9.97 Å². The van der Waals surface area contributed by atoms with Gasteiger partial charge in [0.1, 0.15) is 11.4 Å². The predicted molar refractivity (Wildman–Crippen MR) is 129 cm³/mol. The highest BCUT2D eigenvalue weighted by atomic mass is 32.1. The molecule has 176 valence electrons. The van der Waals surface area contributed by atoms with Gasteiger partial charge in [-0.3, -0.25) is 4.79 Å². The molecule has 4 rings (SSSR count). The molecule has 3 aromatic heterocycles. The van der Waals surface area contributed by atoms with Crippen LogP contribution in [0, 0.1) is 13.8 Å². The van der Waals surface area contributed by atoms with Gasteiger partial charge in [0.25, 0.3) is 5.91 Å². The second-order valence-electron chi connectivity index (χ2n) is 7.41. The van der Waals surface area contributed by atoms with E-state index in [1.165, 1.54) is 24.6 Å². The van der Waals surface area contributed by atoms with Gasteiger partial charge < -0.3 is 24.3 Å². The number of amides is 1. The van der Waals surface area contributed by atoms with Crippen LogP contribution in [-0.4, -0.2) is 42.2 Å². The summed E-state index contributed by atoms with van der Waals surface area (Å²) in [7, 11) is 4.69. The fourth-order valence-corrected chi connectivity index (χ4v) is 4.46. The van der Waals surface area contributed by atoms with Crippen LogP contribution >= 0.6 is 11.3 Å². The Hall–Kier alpha value is -3.76. The van der Waals surface area contributed by atoms with E-state index in [-0.39, 0.29) is 12.5 Å². The highest BCUT2D eigenvalue weighted by Gasteiger charge is 2.21. The lowest BCUT2D eigenvalue weighted by molar-refractivity contribution is 0.103. The number of thiophene rings is 1. The highest BCUT2D eigenvalue weighted by molar-refractivity contribution is 7.20. The van der Waals surface area contributed by atoms with Crippen LogP contribution in [0.15, 0.2) is 36.5 Å². The van der Waals surface area contributed by atoms with Crippen LogP contribution in [0.3, 0.4) is 0 Å². The molecule has 0 aliphatic rings. The first kappa shape index (κ1) is 23.4. The maximum absolute atomic E-state index is 13.0. The number of aryl methyl sites for hydroxylation is 2. The van der Waals surface area contributed by atoms with Gasteiger partial charge in [0.15, 0.2) is 17.3 Å². The molecule has 1 aromatic carbocycles. The molecule has 1 N–H and O–H groups in total. The lowest BCUT2D eigenvalue weighted by atomic mass is 10.2. The number of nitrogens with zero attached hydrogens (tertiary/aromatic N) is 3. The Balaban J connectivity index is 1.53. The first-order chi connectivity index (χ1) is 16.4. The van der Waals surface area contributed by atoms with Gasteiger partial charge in [-0.05, 0) is 43.2 Å². The third-order valence-corrected chi connectivity index (χ3v) is 6.19. The number of ether oxygens (including phenoxy) is 4.